The lowest BCUT2D eigenvalue weighted by Crippen LogP contribution is -1.95. The summed E-state index contributed by atoms with van der Waals surface area (Å²) in [6.07, 6.45) is 0.642. The Morgan fingerprint density at radius 2 is 2.25 bits per heavy atom. The number of phenols is 1. The van der Waals surface area contributed by atoms with E-state index in [2.05, 4.69) is 16.8 Å². The summed E-state index contributed by atoms with van der Waals surface area (Å²) >= 11 is 1.33. The van der Waals surface area contributed by atoms with Crippen LogP contribution >= 0.6 is 11.3 Å². The van der Waals surface area contributed by atoms with Gasteiger partial charge in [0.15, 0.2) is 5.13 Å². The van der Waals surface area contributed by atoms with Gasteiger partial charge >= 0.3 is 0 Å². The van der Waals surface area contributed by atoms with Crippen LogP contribution in [0, 0.1) is 11.8 Å². The number of aromatic nitrogens is 1. The Kier molecular flexibility index (Phi) is 2.95. The third kappa shape index (κ3) is 2.08. The van der Waals surface area contributed by atoms with E-state index in [-0.39, 0.29) is 5.75 Å². The summed E-state index contributed by atoms with van der Waals surface area (Å²) in [6, 6.07) is 3.46. The third-order valence-electron chi connectivity index (χ3n) is 1.99. The highest BCUT2D eigenvalue weighted by molar-refractivity contribution is 7.22. The molecule has 82 valence electrons. The second-order valence-corrected chi connectivity index (χ2v) is 4.30. The maximum Gasteiger partial charge on any atom is 0.181 e. The first kappa shape index (κ1) is 10.7. The second-order valence-electron chi connectivity index (χ2n) is 3.23. The van der Waals surface area contributed by atoms with Gasteiger partial charge in [-0.3, -0.25) is 0 Å². The first-order valence-corrected chi connectivity index (χ1v) is 5.60. The van der Waals surface area contributed by atoms with E-state index in [1.165, 1.54) is 11.3 Å². The van der Waals surface area contributed by atoms with Crippen molar-refractivity contribution in [3.05, 3.63) is 17.7 Å². The molecule has 2 aromatic rings. The van der Waals surface area contributed by atoms with Crippen LogP contribution in [0.1, 0.15) is 12.0 Å². The summed E-state index contributed by atoms with van der Waals surface area (Å²) < 4.78 is 0.842. The molecular weight excluding hydrogens is 222 g/mol. The molecule has 0 bridgehead atoms. The number of nitrogen functional groups attached to an aromatic ring is 1. The fourth-order valence-electron chi connectivity index (χ4n) is 1.34. The van der Waals surface area contributed by atoms with Gasteiger partial charge in [-0.05, 0) is 12.1 Å². The summed E-state index contributed by atoms with van der Waals surface area (Å²) in [5, 5.41) is 10.2. The van der Waals surface area contributed by atoms with Crippen molar-refractivity contribution in [2.75, 3.05) is 12.3 Å². The van der Waals surface area contributed by atoms with Gasteiger partial charge in [0.05, 0.1) is 4.70 Å². The van der Waals surface area contributed by atoms with Gasteiger partial charge in [0, 0.05) is 18.5 Å². The van der Waals surface area contributed by atoms with Gasteiger partial charge < -0.3 is 16.6 Å². The number of nitrogens with zero attached hydrogens (tertiary/aromatic N) is 1. The Bertz CT molecular complexity index is 580. The van der Waals surface area contributed by atoms with Gasteiger partial charge in [0.2, 0.25) is 0 Å². The van der Waals surface area contributed by atoms with E-state index in [0.717, 1.165) is 10.3 Å². The van der Waals surface area contributed by atoms with Crippen LogP contribution in [0.2, 0.25) is 0 Å². The van der Waals surface area contributed by atoms with E-state index >= 15 is 0 Å². The minimum Gasteiger partial charge on any atom is -0.506 e. The van der Waals surface area contributed by atoms with Gasteiger partial charge in [-0.2, -0.15) is 0 Å². The van der Waals surface area contributed by atoms with E-state index in [4.69, 9.17) is 11.5 Å². The van der Waals surface area contributed by atoms with Crippen molar-refractivity contribution in [1.82, 2.24) is 4.98 Å². The molecule has 0 aliphatic carbocycles. The zero-order valence-corrected chi connectivity index (χ0v) is 9.34. The average Bonchev–Trinajstić information content (AvgIpc) is 2.60. The van der Waals surface area contributed by atoms with Crippen LogP contribution in [0.15, 0.2) is 12.1 Å². The molecule has 0 fully saturated rings. The van der Waals surface area contributed by atoms with E-state index in [1.807, 2.05) is 6.07 Å². The molecule has 1 aromatic carbocycles. The molecule has 0 aliphatic heterocycles. The van der Waals surface area contributed by atoms with Crippen molar-refractivity contribution >= 4 is 26.7 Å². The van der Waals surface area contributed by atoms with Crippen molar-refractivity contribution < 1.29 is 5.11 Å². The number of benzene rings is 1. The predicted molar refractivity (Wildman–Crippen MR) is 66.2 cm³/mol. The Labute approximate surface area is 96.9 Å². The van der Waals surface area contributed by atoms with E-state index in [0.29, 0.717) is 23.6 Å². The predicted octanol–water partition coefficient (Wildman–Crippen LogP) is 1.28. The smallest absolute Gasteiger partial charge is 0.181 e. The molecule has 0 saturated carbocycles. The number of phenolic OH excluding ortho intramolecular Hbond substituents is 1. The van der Waals surface area contributed by atoms with Crippen LogP contribution < -0.4 is 11.5 Å². The highest BCUT2D eigenvalue weighted by Gasteiger charge is 2.06. The Morgan fingerprint density at radius 3 is 3.00 bits per heavy atom. The first-order chi connectivity index (χ1) is 7.70. The van der Waals surface area contributed by atoms with Crippen LogP contribution in [0.5, 0.6) is 5.75 Å². The topological polar surface area (TPSA) is 85.2 Å². The lowest BCUT2D eigenvalue weighted by molar-refractivity contribution is 0.480. The number of nitrogens with two attached hydrogens (primary N) is 2. The number of anilines is 1. The summed E-state index contributed by atoms with van der Waals surface area (Å²) in [5.74, 6) is 5.97. The molecule has 0 radical (unpaired) electrons. The number of rotatable bonds is 1. The molecule has 16 heavy (non-hydrogen) atoms. The number of hydrogen-bond donors (Lipinski definition) is 3. The normalized spacial score (nSPS) is 10.1. The second kappa shape index (κ2) is 4.39. The lowest BCUT2D eigenvalue weighted by Gasteiger charge is -1.94. The van der Waals surface area contributed by atoms with Crippen LogP contribution in [-0.2, 0) is 0 Å². The van der Waals surface area contributed by atoms with Gasteiger partial charge in [-0.25, -0.2) is 4.98 Å². The number of hydrogen-bond acceptors (Lipinski definition) is 5. The van der Waals surface area contributed by atoms with Crippen molar-refractivity contribution in [2.24, 2.45) is 5.73 Å². The number of thiazole rings is 1. The lowest BCUT2D eigenvalue weighted by atomic mass is 10.2. The summed E-state index contributed by atoms with van der Waals surface area (Å²) in [6.45, 7) is 0.536. The molecule has 1 aromatic heterocycles. The molecule has 0 aliphatic rings. The highest BCUT2D eigenvalue weighted by Crippen LogP contribution is 2.31. The zero-order chi connectivity index (χ0) is 11.5. The maximum atomic E-state index is 9.72. The number of aromatic hydroxyl groups is 1. The standard InChI is InChI=1S/C11H11N3OS/c12-4-2-1-3-7-5-8(15)10-9(6-7)16-11(13)14-10/h5-6,15H,2,4,12H2,(H2,13,14). The minimum absolute atomic E-state index is 0.113. The molecule has 5 N–H and O–H groups in total. The summed E-state index contributed by atoms with van der Waals surface area (Å²) in [7, 11) is 0. The molecule has 1 heterocycles. The van der Waals surface area contributed by atoms with Gasteiger partial charge in [-0.15, -0.1) is 0 Å². The van der Waals surface area contributed by atoms with Gasteiger partial charge in [0.25, 0.3) is 0 Å². The van der Waals surface area contributed by atoms with Crippen LogP contribution in [0.25, 0.3) is 10.2 Å². The van der Waals surface area contributed by atoms with Crippen molar-refractivity contribution in [3.63, 3.8) is 0 Å². The zero-order valence-electron chi connectivity index (χ0n) is 8.53. The molecule has 2 rings (SSSR count). The fourth-order valence-corrected chi connectivity index (χ4v) is 2.13. The molecule has 0 spiro atoms. The quantitative estimate of drug-likeness (QED) is 0.648. The van der Waals surface area contributed by atoms with Crippen molar-refractivity contribution in [1.29, 1.82) is 0 Å². The highest BCUT2D eigenvalue weighted by atomic mass is 32.1. The molecule has 0 saturated heterocycles. The first-order valence-electron chi connectivity index (χ1n) is 4.78. The van der Waals surface area contributed by atoms with Crippen LogP contribution in [0.4, 0.5) is 5.13 Å². The Morgan fingerprint density at radius 1 is 1.44 bits per heavy atom. The van der Waals surface area contributed by atoms with E-state index in [9.17, 15) is 5.11 Å². The molecule has 5 heteroatoms. The maximum absolute atomic E-state index is 9.72. The molecular formula is C11H11N3OS. The minimum atomic E-state index is 0.113. The Hall–Kier alpha value is -1.77. The monoisotopic (exact) mass is 233 g/mol. The molecule has 0 atom stereocenters. The van der Waals surface area contributed by atoms with E-state index < -0.39 is 0 Å². The Balaban J connectivity index is 2.46. The van der Waals surface area contributed by atoms with E-state index in [1.54, 1.807) is 6.07 Å². The van der Waals surface area contributed by atoms with Crippen LogP contribution in [0.3, 0.4) is 0 Å². The summed E-state index contributed by atoms with van der Waals surface area (Å²) in [4.78, 5) is 4.03. The third-order valence-corrected chi connectivity index (χ3v) is 2.82. The van der Waals surface area contributed by atoms with Crippen molar-refractivity contribution in [2.45, 2.75) is 6.42 Å². The average molecular weight is 233 g/mol. The molecule has 0 unspecified atom stereocenters. The van der Waals surface area contributed by atoms with Crippen LogP contribution in [-0.4, -0.2) is 16.6 Å². The van der Waals surface area contributed by atoms with Gasteiger partial charge in [0.1, 0.15) is 11.3 Å². The van der Waals surface area contributed by atoms with Crippen molar-refractivity contribution in [3.8, 4) is 17.6 Å². The SMILES string of the molecule is NCCC#Cc1cc(O)c2nc(N)sc2c1. The summed E-state index contributed by atoms with van der Waals surface area (Å²) in [5.41, 5.74) is 12.2. The number of fused-ring (bicyclic) bond motifs is 1. The van der Waals surface area contributed by atoms with Gasteiger partial charge in [-0.1, -0.05) is 23.2 Å². The fraction of sp³-hybridized carbons (Fsp3) is 0.182. The molecule has 4 nitrogen and oxygen atoms in total. The largest absolute Gasteiger partial charge is 0.506 e. The molecule has 0 amide bonds.